The quantitative estimate of drug-likeness (QED) is 0.317. The Balaban J connectivity index is 3.30. The monoisotopic (exact) mass is 208 g/mol. The van der Waals surface area contributed by atoms with E-state index in [-0.39, 0.29) is 10.7 Å². The predicted molar refractivity (Wildman–Crippen MR) is 48.2 cm³/mol. The molecular weight excluding hydrogens is 204 g/mol. The van der Waals surface area contributed by atoms with E-state index in [1.165, 1.54) is 18.3 Å². The van der Waals surface area contributed by atoms with E-state index in [1.807, 2.05) is 0 Å². The van der Waals surface area contributed by atoms with E-state index >= 15 is 0 Å². The first kappa shape index (κ1) is 10.4. The minimum Gasteiger partial charge on any atom is -0.258 e. The molecule has 0 bridgehead atoms. The van der Waals surface area contributed by atoms with Gasteiger partial charge in [0.15, 0.2) is 5.03 Å². The fourth-order valence-corrected chi connectivity index (χ4v) is 0.976. The van der Waals surface area contributed by atoms with Crippen molar-refractivity contribution >= 4 is 11.4 Å². The molecule has 0 fully saturated rings. The maximum absolute atomic E-state index is 10.5. The second kappa shape index (κ2) is 4.01. The van der Waals surface area contributed by atoms with E-state index in [4.69, 9.17) is 5.26 Å². The normalized spacial score (nSPS) is 9.00. The van der Waals surface area contributed by atoms with Crippen LogP contribution >= 0.6 is 0 Å². The van der Waals surface area contributed by atoms with Gasteiger partial charge in [0.1, 0.15) is 0 Å². The zero-order chi connectivity index (χ0) is 11.4. The van der Waals surface area contributed by atoms with E-state index in [0.717, 1.165) is 12.1 Å². The highest BCUT2D eigenvalue weighted by Crippen LogP contribution is 2.26. The van der Waals surface area contributed by atoms with Gasteiger partial charge in [-0.1, -0.05) is 12.1 Å². The molecule has 8 nitrogen and oxygen atoms in total. The summed E-state index contributed by atoms with van der Waals surface area (Å²) in [5, 5.41) is 28.4. The fourth-order valence-electron chi connectivity index (χ4n) is 0.976. The molecule has 0 aliphatic rings. The minimum atomic E-state index is -1.03. The number of hydrazine groups is 1. The lowest BCUT2D eigenvalue weighted by Crippen LogP contribution is -2.24. The molecular formula is C7H4N4O4. The van der Waals surface area contributed by atoms with Crippen molar-refractivity contribution in [3.05, 3.63) is 44.5 Å². The van der Waals surface area contributed by atoms with E-state index in [2.05, 4.69) is 0 Å². The molecule has 1 aromatic rings. The molecule has 76 valence electrons. The number of benzene rings is 1. The third-order valence-corrected chi connectivity index (χ3v) is 1.56. The SMILES string of the molecule is N#CN(c1ccccc1[N+](=O)[O-])[N+](=O)[O-]. The summed E-state index contributed by atoms with van der Waals surface area (Å²) in [5.74, 6) is 0. The first-order valence-corrected chi connectivity index (χ1v) is 3.65. The van der Waals surface area contributed by atoms with Crippen molar-refractivity contribution in [2.45, 2.75) is 0 Å². The summed E-state index contributed by atoms with van der Waals surface area (Å²) in [6, 6.07) is 4.95. The van der Waals surface area contributed by atoms with Gasteiger partial charge in [-0.15, -0.1) is 0 Å². The van der Waals surface area contributed by atoms with Crippen LogP contribution in [0.1, 0.15) is 0 Å². The molecule has 0 saturated heterocycles. The van der Waals surface area contributed by atoms with Crippen LogP contribution in [0.2, 0.25) is 0 Å². The average molecular weight is 208 g/mol. The molecule has 0 aromatic heterocycles. The molecule has 0 spiro atoms. The summed E-state index contributed by atoms with van der Waals surface area (Å²) >= 11 is 0. The summed E-state index contributed by atoms with van der Waals surface area (Å²) in [6.07, 6.45) is 1.24. The van der Waals surface area contributed by atoms with Crippen LogP contribution in [-0.4, -0.2) is 9.96 Å². The number of nitrogens with zero attached hydrogens (tertiary/aromatic N) is 4. The number of nitro groups is 2. The summed E-state index contributed by atoms with van der Waals surface area (Å²) in [5.41, 5.74) is -0.856. The molecule has 0 atom stereocenters. The molecule has 0 N–H and O–H groups in total. The van der Waals surface area contributed by atoms with Gasteiger partial charge in [-0.05, 0) is 6.07 Å². The van der Waals surface area contributed by atoms with Crippen molar-refractivity contribution in [3.63, 3.8) is 0 Å². The summed E-state index contributed by atoms with van der Waals surface area (Å²) in [4.78, 5) is 20.1. The van der Waals surface area contributed by atoms with Gasteiger partial charge in [0.2, 0.25) is 5.69 Å². The van der Waals surface area contributed by atoms with Gasteiger partial charge < -0.3 is 0 Å². The number of anilines is 1. The summed E-state index contributed by atoms with van der Waals surface area (Å²) in [6.45, 7) is 0. The summed E-state index contributed by atoms with van der Waals surface area (Å²) < 4.78 is 0. The van der Waals surface area contributed by atoms with Gasteiger partial charge >= 0.3 is 0 Å². The van der Waals surface area contributed by atoms with Gasteiger partial charge in [-0.25, -0.2) is 10.1 Å². The number of rotatable bonds is 3. The van der Waals surface area contributed by atoms with Gasteiger partial charge in [-0.3, -0.25) is 10.1 Å². The highest BCUT2D eigenvalue weighted by molar-refractivity contribution is 5.63. The molecule has 8 heteroatoms. The first-order valence-electron chi connectivity index (χ1n) is 3.65. The van der Waals surface area contributed by atoms with Crippen molar-refractivity contribution in [1.82, 2.24) is 0 Å². The van der Waals surface area contributed by atoms with E-state index in [9.17, 15) is 20.2 Å². The maximum atomic E-state index is 10.5. The van der Waals surface area contributed by atoms with Crippen LogP contribution in [-0.2, 0) is 0 Å². The zero-order valence-corrected chi connectivity index (χ0v) is 7.23. The highest BCUT2D eigenvalue weighted by atomic mass is 16.7. The number of hydrogen-bond acceptors (Lipinski definition) is 5. The second-order valence-electron chi connectivity index (χ2n) is 2.40. The van der Waals surface area contributed by atoms with Gasteiger partial charge in [0.05, 0.1) is 4.92 Å². The second-order valence-corrected chi connectivity index (χ2v) is 2.40. The van der Waals surface area contributed by atoms with Crippen molar-refractivity contribution in [1.29, 1.82) is 5.26 Å². The van der Waals surface area contributed by atoms with Crippen LogP contribution in [0.3, 0.4) is 0 Å². The molecule has 0 radical (unpaired) electrons. The van der Waals surface area contributed by atoms with Gasteiger partial charge in [0, 0.05) is 11.1 Å². The molecule has 1 rings (SSSR count). The largest absolute Gasteiger partial charge is 0.300 e. The van der Waals surface area contributed by atoms with Crippen LogP contribution in [0.15, 0.2) is 24.3 Å². The number of hydrogen-bond donors (Lipinski definition) is 0. The third-order valence-electron chi connectivity index (χ3n) is 1.56. The smallest absolute Gasteiger partial charge is 0.258 e. The molecule has 15 heavy (non-hydrogen) atoms. The minimum absolute atomic E-state index is 0.0398. The van der Waals surface area contributed by atoms with E-state index < -0.39 is 15.6 Å². The Morgan fingerprint density at radius 1 is 1.27 bits per heavy atom. The predicted octanol–water partition coefficient (Wildman–Crippen LogP) is 1.07. The van der Waals surface area contributed by atoms with Gasteiger partial charge in [0.25, 0.3) is 11.9 Å². The Labute approximate surface area is 83.2 Å². The van der Waals surface area contributed by atoms with Crippen molar-refractivity contribution in [3.8, 4) is 6.19 Å². The van der Waals surface area contributed by atoms with Crippen LogP contribution in [0.4, 0.5) is 11.4 Å². The molecule has 0 aliphatic heterocycles. The van der Waals surface area contributed by atoms with Crippen LogP contribution < -0.4 is 5.01 Å². The zero-order valence-electron chi connectivity index (χ0n) is 7.23. The van der Waals surface area contributed by atoms with E-state index in [0.29, 0.717) is 0 Å². The lowest BCUT2D eigenvalue weighted by Gasteiger charge is -2.04. The maximum Gasteiger partial charge on any atom is 0.300 e. The number of para-hydroxylation sites is 2. The van der Waals surface area contributed by atoms with Crippen molar-refractivity contribution in [2.24, 2.45) is 0 Å². The first-order chi connectivity index (χ1) is 7.07. The molecule has 0 amide bonds. The highest BCUT2D eigenvalue weighted by Gasteiger charge is 2.26. The van der Waals surface area contributed by atoms with Crippen LogP contribution in [0.25, 0.3) is 0 Å². The van der Waals surface area contributed by atoms with Crippen molar-refractivity contribution < 1.29 is 9.96 Å². The van der Waals surface area contributed by atoms with Crippen molar-refractivity contribution in [2.75, 3.05) is 5.01 Å². The molecule has 0 aliphatic carbocycles. The summed E-state index contributed by atoms with van der Waals surface area (Å²) in [7, 11) is 0. The Morgan fingerprint density at radius 2 is 1.87 bits per heavy atom. The van der Waals surface area contributed by atoms with Crippen LogP contribution in [0, 0.1) is 31.7 Å². The molecule has 1 aromatic carbocycles. The molecule has 0 unspecified atom stereocenters. The lowest BCUT2D eigenvalue weighted by molar-refractivity contribution is -0.484. The average Bonchev–Trinajstić information content (AvgIpc) is 2.18. The van der Waals surface area contributed by atoms with Gasteiger partial charge in [-0.2, -0.15) is 5.26 Å². The molecule has 0 heterocycles. The Bertz CT molecular complexity index is 453. The Morgan fingerprint density at radius 3 is 2.33 bits per heavy atom. The number of nitriles is 1. The fraction of sp³-hybridized carbons (Fsp3) is 0. The van der Waals surface area contributed by atoms with Crippen LogP contribution in [0.5, 0.6) is 0 Å². The topological polar surface area (TPSA) is 113 Å². The third kappa shape index (κ3) is 1.97. The number of nitro benzene ring substituents is 1. The Hall–Kier alpha value is -2.69. The standard InChI is InChI=1S/C7H4N4O4/c8-5-9(11(14)15)6-3-1-2-4-7(6)10(12)13/h1-4H. The lowest BCUT2D eigenvalue weighted by atomic mass is 10.2. The van der Waals surface area contributed by atoms with E-state index in [1.54, 1.807) is 0 Å². The molecule has 0 saturated carbocycles. The Kier molecular flexibility index (Phi) is 2.78.